The highest BCUT2D eigenvalue weighted by Crippen LogP contribution is 2.20. The first-order valence-electron chi connectivity index (χ1n) is 9.40. The zero-order valence-corrected chi connectivity index (χ0v) is 17.4. The molecule has 0 aliphatic heterocycles. The minimum absolute atomic E-state index is 0.0421. The van der Waals surface area contributed by atoms with Crippen molar-refractivity contribution in [2.45, 2.75) is 79.3 Å². The summed E-state index contributed by atoms with van der Waals surface area (Å²) < 4.78 is 6.81. The van der Waals surface area contributed by atoms with Crippen LogP contribution in [0.25, 0.3) is 0 Å². The van der Waals surface area contributed by atoms with E-state index >= 15 is 0 Å². The fourth-order valence-corrected chi connectivity index (χ4v) is 2.55. The van der Waals surface area contributed by atoms with Crippen LogP contribution in [-0.2, 0) is 16.0 Å². The number of Topliss-reactive ketones (excluding diaryl/α,β-unsaturated/α-hetero) is 1. The van der Waals surface area contributed by atoms with E-state index in [9.17, 15) is 9.59 Å². The van der Waals surface area contributed by atoms with Gasteiger partial charge < -0.3 is 10.1 Å². The van der Waals surface area contributed by atoms with Gasteiger partial charge >= 0.3 is 0 Å². The van der Waals surface area contributed by atoms with Gasteiger partial charge in [0.15, 0.2) is 5.78 Å². The predicted octanol–water partition coefficient (Wildman–Crippen LogP) is 3.25. The highest BCUT2D eigenvalue weighted by molar-refractivity contribution is 5.89. The Morgan fingerprint density at radius 3 is 2.42 bits per heavy atom. The Kier molecular flexibility index (Phi) is 8.15. The number of unbranched alkanes of at least 4 members (excludes halogenated alkanes) is 1. The molecule has 0 radical (unpaired) electrons. The van der Waals surface area contributed by atoms with E-state index < -0.39 is 5.41 Å². The van der Waals surface area contributed by atoms with Crippen LogP contribution >= 0.6 is 0 Å². The van der Waals surface area contributed by atoms with Crippen molar-refractivity contribution in [3.05, 3.63) is 18.2 Å². The van der Waals surface area contributed by atoms with Gasteiger partial charge in [0.2, 0.25) is 0 Å². The van der Waals surface area contributed by atoms with Gasteiger partial charge in [0.05, 0.1) is 11.7 Å². The molecule has 1 atom stereocenters. The lowest BCUT2D eigenvalue weighted by atomic mass is 9.84. The summed E-state index contributed by atoms with van der Waals surface area (Å²) in [5.74, 6) is -0.0152. The first kappa shape index (κ1) is 22.5. The second-order valence-corrected chi connectivity index (χ2v) is 8.84. The number of ketones is 1. The summed E-state index contributed by atoms with van der Waals surface area (Å²) in [5, 5.41) is 3.39. The largest absolute Gasteiger partial charge is 0.372 e. The number of imidazole rings is 1. The summed E-state index contributed by atoms with van der Waals surface area (Å²) in [6.07, 6.45) is 5.62. The average Bonchev–Trinajstić information content (AvgIpc) is 2.96. The van der Waals surface area contributed by atoms with Crippen LogP contribution in [0.1, 0.15) is 71.8 Å². The summed E-state index contributed by atoms with van der Waals surface area (Å²) in [5.41, 5.74) is 0.0668. The fraction of sp³-hybridized carbons (Fsp3) is 0.750. The number of rotatable bonds is 9. The highest BCUT2D eigenvalue weighted by Gasteiger charge is 2.32. The third-order valence-electron chi connectivity index (χ3n) is 3.87. The minimum atomic E-state index is -0.450. The summed E-state index contributed by atoms with van der Waals surface area (Å²) in [4.78, 5) is 29.3. The predicted molar refractivity (Wildman–Crippen MR) is 103 cm³/mol. The zero-order chi connectivity index (χ0) is 20.0. The van der Waals surface area contributed by atoms with Gasteiger partial charge in [-0.3, -0.25) is 14.2 Å². The monoisotopic (exact) mass is 365 g/mol. The SMILES string of the molecule is CCCCOCC(=O)n1cnc(CC(NC(C)(C)C)C(=O)C(C)(C)C)c1. The maximum Gasteiger partial charge on any atom is 0.257 e. The lowest BCUT2D eigenvalue weighted by Crippen LogP contribution is -2.51. The van der Waals surface area contributed by atoms with Crippen LogP contribution < -0.4 is 5.32 Å². The van der Waals surface area contributed by atoms with Gasteiger partial charge in [-0.2, -0.15) is 0 Å². The van der Waals surface area contributed by atoms with E-state index in [4.69, 9.17) is 4.74 Å². The van der Waals surface area contributed by atoms with E-state index in [-0.39, 0.29) is 29.9 Å². The maximum absolute atomic E-state index is 12.8. The van der Waals surface area contributed by atoms with Gasteiger partial charge in [-0.15, -0.1) is 0 Å². The van der Waals surface area contributed by atoms with Crippen molar-refractivity contribution < 1.29 is 14.3 Å². The van der Waals surface area contributed by atoms with E-state index in [1.807, 2.05) is 41.5 Å². The van der Waals surface area contributed by atoms with Crippen LogP contribution in [0.5, 0.6) is 0 Å². The smallest absolute Gasteiger partial charge is 0.257 e. The van der Waals surface area contributed by atoms with Crippen molar-refractivity contribution >= 4 is 11.7 Å². The third-order valence-corrected chi connectivity index (χ3v) is 3.87. The number of ether oxygens (including phenoxy) is 1. The van der Waals surface area contributed by atoms with Crippen LogP contribution in [0.2, 0.25) is 0 Å². The molecule has 0 bridgehead atoms. The van der Waals surface area contributed by atoms with Gasteiger partial charge in [0.1, 0.15) is 12.9 Å². The highest BCUT2D eigenvalue weighted by atomic mass is 16.5. The van der Waals surface area contributed by atoms with Crippen LogP contribution in [-0.4, -0.2) is 46.0 Å². The normalized spacial score (nSPS) is 13.7. The zero-order valence-electron chi connectivity index (χ0n) is 17.4. The number of carbonyl (C=O) groups excluding carboxylic acids is 2. The topological polar surface area (TPSA) is 73.2 Å². The Hall–Kier alpha value is -1.53. The second-order valence-electron chi connectivity index (χ2n) is 8.84. The van der Waals surface area contributed by atoms with Gasteiger partial charge in [-0.1, -0.05) is 34.1 Å². The van der Waals surface area contributed by atoms with Crippen molar-refractivity contribution in [2.75, 3.05) is 13.2 Å². The standard InChI is InChI=1S/C20H35N3O3/c1-8-9-10-26-13-17(24)23-12-15(21-14-23)11-16(22-20(5,6)7)18(25)19(2,3)4/h12,14,16,22H,8-11,13H2,1-7H3. The van der Waals surface area contributed by atoms with Gasteiger partial charge in [0.25, 0.3) is 5.91 Å². The molecule has 1 unspecified atom stereocenters. The minimum Gasteiger partial charge on any atom is -0.372 e. The maximum atomic E-state index is 12.8. The molecular weight excluding hydrogens is 330 g/mol. The molecule has 6 nitrogen and oxygen atoms in total. The lowest BCUT2D eigenvalue weighted by molar-refractivity contribution is -0.128. The number of carbonyl (C=O) groups is 2. The molecule has 1 aromatic rings. The van der Waals surface area contributed by atoms with Crippen molar-refractivity contribution in [1.82, 2.24) is 14.9 Å². The molecule has 0 aliphatic carbocycles. The lowest BCUT2D eigenvalue weighted by Gasteiger charge is -2.31. The van der Waals surface area contributed by atoms with Crippen LogP contribution in [0.4, 0.5) is 0 Å². The molecule has 26 heavy (non-hydrogen) atoms. The Balaban J connectivity index is 2.78. The number of hydrogen-bond donors (Lipinski definition) is 1. The molecule has 1 N–H and O–H groups in total. The number of hydrogen-bond acceptors (Lipinski definition) is 5. The third kappa shape index (κ3) is 7.79. The fourth-order valence-electron chi connectivity index (χ4n) is 2.55. The van der Waals surface area contributed by atoms with E-state index in [1.54, 1.807) is 6.20 Å². The van der Waals surface area contributed by atoms with Crippen LogP contribution in [0.15, 0.2) is 12.5 Å². The summed E-state index contributed by atoms with van der Waals surface area (Å²) in [7, 11) is 0. The number of aromatic nitrogens is 2. The molecule has 0 aromatic carbocycles. The van der Waals surface area contributed by atoms with Crippen molar-refractivity contribution in [3.8, 4) is 0 Å². The first-order chi connectivity index (χ1) is 11.9. The van der Waals surface area contributed by atoms with Gasteiger partial charge in [-0.05, 0) is 27.2 Å². The van der Waals surface area contributed by atoms with E-state index in [1.165, 1.54) is 10.9 Å². The molecule has 0 amide bonds. The van der Waals surface area contributed by atoms with E-state index in [0.29, 0.717) is 18.7 Å². The first-order valence-corrected chi connectivity index (χ1v) is 9.40. The molecule has 0 saturated carbocycles. The molecule has 6 heteroatoms. The van der Waals surface area contributed by atoms with Crippen LogP contribution in [0.3, 0.4) is 0 Å². The molecule has 1 aromatic heterocycles. The van der Waals surface area contributed by atoms with Crippen molar-refractivity contribution in [2.24, 2.45) is 5.41 Å². The van der Waals surface area contributed by atoms with Crippen molar-refractivity contribution in [3.63, 3.8) is 0 Å². The molecular formula is C20H35N3O3. The second kappa shape index (κ2) is 9.42. The average molecular weight is 366 g/mol. The Morgan fingerprint density at radius 2 is 1.88 bits per heavy atom. The molecule has 148 valence electrons. The number of nitrogens with one attached hydrogen (secondary N) is 1. The van der Waals surface area contributed by atoms with Crippen LogP contribution in [0, 0.1) is 5.41 Å². The Morgan fingerprint density at radius 1 is 1.23 bits per heavy atom. The number of nitrogens with zero attached hydrogens (tertiary/aromatic N) is 2. The summed E-state index contributed by atoms with van der Waals surface area (Å²) >= 11 is 0. The molecule has 0 aliphatic rings. The van der Waals surface area contributed by atoms with E-state index in [2.05, 4.69) is 17.2 Å². The molecule has 0 saturated heterocycles. The van der Waals surface area contributed by atoms with E-state index in [0.717, 1.165) is 12.8 Å². The molecule has 1 rings (SSSR count). The molecule has 1 heterocycles. The quantitative estimate of drug-likeness (QED) is 0.680. The summed E-state index contributed by atoms with van der Waals surface area (Å²) in [6.45, 7) is 14.6. The Labute approximate surface area is 157 Å². The molecule has 0 fully saturated rings. The van der Waals surface area contributed by atoms with Gasteiger partial charge in [-0.25, -0.2) is 4.98 Å². The Bertz CT molecular complexity index is 594. The summed E-state index contributed by atoms with van der Waals surface area (Å²) in [6, 6.07) is -0.353. The van der Waals surface area contributed by atoms with Gasteiger partial charge in [0, 0.05) is 30.2 Å². The van der Waals surface area contributed by atoms with Crippen molar-refractivity contribution in [1.29, 1.82) is 0 Å². The molecule has 0 spiro atoms.